The molecule has 1 fully saturated rings. The van der Waals surface area contributed by atoms with Crippen LogP contribution in [0, 0.1) is 19.8 Å². The molecule has 0 bridgehead atoms. The van der Waals surface area contributed by atoms with Crippen LogP contribution in [-0.2, 0) is 20.8 Å². The van der Waals surface area contributed by atoms with Gasteiger partial charge in [-0.05, 0) is 61.2 Å². The maximum Gasteiger partial charge on any atom is 0.309 e. The largest absolute Gasteiger partial charge is 0.466 e. The Morgan fingerprint density at radius 3 is 2.68 bits per heavy atom. The fourth-order valence-electron chi connectivity index (χ4n) is 4.69. The Balaban J connectivity index is 1.76. The molecule has 1 aliphatic heterocycles. The number of hydrogen-bond acceptors (Lipinski definition) is 8. The van der Waals surface area contributed by atoms with Crippen LogP contribution in [0.25, 0.3) is 10.9 Å². The summed E-state index contributed by atoms with van der Waals surface area (Å²) in [7, 11) is 1.63. The second-order valence-corrected chi connectivity index (χ2v) is 8.76. The van der Waals surface area contributed by atoms with Gasteiger partial charge < -0.3 is 14.5 Å². The third kappa shape index (κ3) is 4.74. The van der Waals surface area contributed by atoms with Gasteiger partial charge in [-0.1, -0.05) is 12.1 Å². The zero-order valence-electron chi connectivity index (χ0n) is 20.2. The first-order chi connectivity index (χ1) is 16.4. The Kier molecular flexibility index (Phi) is 7.38. The van der Waals surface area contributed by atoms with Crippen LogP contribution in [0.3, 0.4) is 0 Å². The average Bonchev–Trinajstić information content (AvgIpc) is 3.29. The van der Waals surface area contributed by atoms with Gasteiger partial charge in [-0.2, -0.15) is 0 Å². The van der Waals surface area contributed by atoms with Gasteiger partial charge in [-0.15, -0.1) is 5.10 Å². The molecule has 0 amide bonds. The average molecular weight is 469 g/mol. The van der Waals surface area contributed by atoms with Crippen molar-refractivity contribution in [3.8, 4) is 0 Å². The van der Waals surface area contributed by atoms with Crippen LogP contribution in [0.15, 0.2) is 23.0 Å². The summed E-state index contributed by atoms with van der Waals surface area (Å²) in [4.78, 5) is 31.0. The minimum atomic E-state index is -0.455. The lowest BCUT2D eigenvalue weighted by Crippen LogP contribution is -2.42. The van der Waals surface area contributed by atoms with Gasteiger partial charge in [-0.3, -0.25) is 14.5 Å². The number of esters is 1. The van der Waals surface area contributed by atoms with Gasteiger partial charge >= 0.3 is 5.97 Å². The van der Waals surface area contributed by atoms with Crippen LogP contribution < -0.4 is 5.56 Å². The number of benzene rings is 1. The minimum Gasteiger partial charge on any atom is -0.466 e. The Labute approximate surface area is 198 Å². The summed E-state index contributed by atoms with van der Waals surface area (Å²) in [6.45, 7) is 8.37. The molecule has 1 saturated heterocycles. The van der Waals surface area contributed by atoms with E-state index in [9.17, 15) is 9.59 Å². The molecule has 1 aliphatic rings. The highest BCUT2D eigenvalue weighted by molar-refractivity contribution is 5.85. The van der Waals surface area contributed by atoms with Crippen molar-refractivity contribution in [3.63, 3.8) is 0 Å². The second-order valence-electron chi connectivity index (χ2n) is 8.76. The molecule has 0 saturated carbocycles. The number of carbonyl (C=O) groups excluding carboxylic acids is 1. The number of aromatic nitrogens is 5. The van der Waals surface area contributed by atoms with Crippen molar-refractivity contribution >= 4 is 16.9 Å². The van der Waals surface area contributed by atoms with Crippen molar-refractivity contribution in [2.24, 2.45) is 5.92 Å². The monoisotopic (exact) mass is 468 g/mol. The highest BCUT2D eigenvalue weighted by atomic mass is 16.5. The van der Waals surface area contributed by atoms with Gasteiger partial charge in [0.2, 0.25) is 0 Å². The number of tetrazole rings is 1. The van der Waals surface area contributed by atoms with Crippen molar-refractivity contribution in [1.29, 1.82) is 0 Å². The molecular weight excluding hydrogens is 436 g/mol. The Bertz CT molecular complexity index is 1210. The number of fused-ring (bicyclic) bond motifs is 1. The molecule has 3 aromatic rings. The second kappa shape index (κ2) is 10.4. The number of pyridine rings is 1. The number of aryl methyl sites for hydroxylation is 2. The summed E-state index contributed by atoms with van der Waals surface area (Å²) >= 11 is 0. The number of nitrogens with zero attached hydrogens (tertiary/aromatic N) is 5. The number of rotatable bonds is 8. The van der Waals surface area contributed by atoms with Crippen molar-refractivity contribution in [2.75, 3.05) is 33.4 Å². The lowest BCUT2D eigenvalue weighted by molar-refractivity contribution is -0.149. The van der Waals surface area contributed by atoms with E-state index in [1.54, 1.807) is 11.8 Å². The first kappa shape index (κ1) is 24.0. The van der Waals surface area contributed by atoms with E-state index in [-0.39, 0.29) is 17.4 Å². The summed E-state index contributed by atoms with van der Waals surface area (Å²) in [5.74, 6) is 0.293. The van der Waals surface area contributed by atoms with Crippen molar-refractivity contribution in [3.05, 3.63) is 51.1 Å². The summed E-state index contributed by atoms with van der Waals surface area (Å²) in [6.07, 6.45) is 1.30. The maximum atomic E-state index is 13.4. The van der Waals surface area contributed by atoms with Crippen LogP contribution >= 0.6 is 0 Å². The molecule has 182 valence electrons. The fraction of sp³-hybridized carbons (Fsp3) is 0.542. The van der Waals surface area contributed by atoms with Crippen LogP contribution in [0.1, 0.15) is 48.3 Å². The molecule has 10 nitrogen and oxygen atoms in total. The number of aromatic amines is 1. The standard InChI is InChI=1S/C24H32N6O4/c1-5-34-24(32)17-8-10-29(11-9-17)21(22-26-27-28-30(22)12-13-33-4)19-14-18-15(2)6-7-16(3)20(18)25-23(19)31/h6-7,14,17,21H,5,8-13H2,1-4H3,(H,25,31)/t21-/m0/s1. The predicted octanol–water partition coefficient (Wildman–Crippen LogP) is 2.14. The molecule has 1 aromatic carbocycles. The van der Waals surface area contributed by atoms with Gasteiger partial charge in [0, 0.05) is 31.1 Å². The van der Waals surface area contributed by atoms with E-state index in [0.717, 1.165) is 22.0 Å². The van der Waals surface area contributed by atoms with Crippen LogP contribution in [0.5, 0.6) is 0 Å². The van der Waals surface area contributed by atoms with Crippen molar-refractivity contribution in [1.82, 2.24) is 30.1 Å². The summed E-state index contributed by atoms with van der Waals surface area (Å²) in [5.41, 5.74) is 3.36. The zero-order valence-corrected chi connectivity index (χ0v) is 20.2. The maximum absolute atomic E-state index is 13.4. The number of likely N-dealkylation sites (tertiary alicyclic amines) is 1. The van der Waals surface area contributed by atoms with Crippen LogP contribution in [-0.4, -0.2) is 69.5 Å². The van der Waals surface area contributed by atoms with E-state index < -0.39 is 6.04 Å². The van der Waals surface area contributed by atoms with Crippen LogP contribution in [0.2, 0.25) is 0 Å². The smallest absolute Gasteiger partial charge is 0.309 e. The minimum absolute atomic E-state index is 0.138. The van der Waals surface area contributed by atoms with E-state index in [1.165, 1.54) is 0 Å². The number of methoxy groups -OCH3 is 1. The van der Waals surface area contributed by atoms with E-state index in [1.807, 2.05) is 32.9 Å². The summed E-state index contributed by atoms with van der Waals surface area (Å²) in [6, 6.07) is 5.58. The molecule has 2 aromatic heterocycles. The first-order valence-electron chi connectivity index (χ1n) is 11.7. The Morgan fingerprint density at radius 1 is 1.24 bits per heavy atom. The highest BCUT2D eigenvalue weighted by Crippen LogP contribution is 2.32. The highest BCUT2D eigenvalue weighted by Gasteiger charge is 2.35. The molecule has 34 heavy (non-hydrogen) atoms. The molecule has 3 heterocycles. The number of hydrogen-bond donors (Lipinski definition) is 1. The molecule has 10 heteroatoms. The van der Waals surface area contributed by atoms with Gasteiger partial charge in [0.15, 0.2) is 5.82 Å². The number of H-pyrrole nitrogens is 1. The molecule has 1 atom stereocenters. The zero-order chi connectivity index (χ0) is 24.2. The van der Waals surface area contributed by atoms with Gasteiger partial charge in [-0.25, -0.2) is 4.68 Å². The van der Waals surface area contributed by atoms with Gasteiger partial charge in [0.25, 0.3) is 5.56 Å². The van der Waals surface area contributed by atoms with E-state index in [2.05, 4.69) is 31.5 Å². The number of carbonyl (C=O) groups is 1. The molecule has 4 rings (SSSR count). The Morgan fingerprint density at radius 2 is 1.97 bits per heavy atom. The molecule has 0 aliphatic carbocycles. The number of piperidine rings is 1. The topological polar surface area (TPSA) is 115 Å². The van der Waals surface area contributed by atoms with Gasteiger partial charge in [0.05, 0.1) is 31.2 Å². The normalized spacial score (nSPS) is 16.1. The summed E-state index contributed by atoms with van der Waals surface area (Å²) in [5, 5.41) is 13.4. The third-order valence-corrected chi connectivity index (χ3v) is 6.59. The lowest BCUT2D eigenvalue weighted by Gasteiger charge is -2.36. The van der Waals surface area contributed by atoms with Crippen LogP contribution in [0.4, 0.5) is 0 Å². The van der Waals surface area contributed by atoms with Crippen molar-refractivity contribution in [2.45, 2.75) is 46.2 Å². The Hall–Kier alpha value is -3.11. The lowest BCUT2D eigenvalue weighted by atomic mass is 9.93. The SMILES string of the molecule is CCOC(=O)C1CCN([C@@H](c2cc3c(C)ccc(C)c3[nH]c2=O)c2nnnn2CCOC)CC1. The number of nitrogens with one attached hydrogen (secondary N) is 1. The first-order valence-corrected chi connectivity index (χ1v) is 11.7. The predicted molar refractivity (Wildman–Crippen MR) is 127 cm³/mol. The molecule has 0 spiro atoms. The third-order valence-electron chi connectivity index (χ3n) is 6.59. The molecular formula is C24H32N6O4. The fourth-order valence-corrected chi connectivity index (χ4v) is 4.69. The molecule has 1 N–H and O–H groups in total. The summed E-state index contributed by atoms with van der Waals surface area (Å²) < 4.78 is 12.1. The van der Waals surface area contributed by atoms with E-state index in [0.29, 0.717) is 57.1 Å². The molecule has 0 radical (unpaired) electrons. The van der Waals surface area contributed by atoms with Gasteiger partial charge in [0.1, 0.15) is 6.04 Å². The quantitative estimate of drug-likeness (QED) is 0.500. The number of ether oxygens (including phenoxy) is 2. The van der Waals surface area contributed by atoms with Crippen molar-refractivity contribution < 1.29 is 14.3 Å². The molecule has 0 unspecified atom stereocenters. The van der Waals surface area contributed by atoms with E-state index in [4.69, 9.17) is 9.47 Å². The van der Waals surface area contributed by atoms with E-state index >= 15 is 0 Å².